The molecular weight excluding hydrogens is 296 g/mol. The second kappa shape index (κ2) is 4.95. The Kier molecular flexibility index (Phi) is 3.11. The van der Waals surface area contributed by atoms with E-state index in [0.29, 0.717) is 21.8 Å². The lowest BCUT2D eigenvalue weighted by atomic mass is 10.0. The van der Waals surface area contributed by atoms with Crippen molar-refractivity contribution in [1.82, 2.24) is 10.2 Å². The van der Waals surface area contributed by atoms with E-state index in [2.05, 4.69) is 10.2 Å². The van der Waals surface area contributed by atoms with Crippen LogP contribution in [0.2, 0.25) is 5.02 Å². The monoisotopic (exact) mass is 304 g/mol. The molecule has 0 atom stereocenters. The molecule has 3 aromatic rings. The third kappa shape index (κ3) is 2.23. The van der Waals surface area contributed by atoms with Crippen LogP contribution in [0.5, 0.6) is 0 Å². The Morgan fingerprint density at radius 2 is 2.05 bits per heavy atom. The van der Waals surface area contributed by atoms with Crippen molar-refractivity contribution in [3.8, 4) is 22.6 Å². The first-order valence-electron chi connectivity index (χ1n) is 5.91. The van der Waals surface area contributed by atoms with E-state index in [1.54, 1.807) is 18.2 Å². The Morgan fingerprint density at radius 1 is 1.29 bits per heavy atom. The van der Waals surface area contributed by atoms with E-state index in [9.17, 15) is 10.1 Å². The standard InChI is InChI=1S/C13H9ClN4O3/c14-8-4-2-1-3-7(8)11-12(16-17-13(11)15)9-5-6-10(21-9)18(19)20/h1-6H,(H3,15,16,17). The highest BCUT2D eigenvalue weighted by Gasteiger charge is 2.21. The van der Waals surface area contributed by atoms with Gasteiger partial charge in [-0.05, 0) is 12.1 Å². The minimum Gasteiger partial charge on any atom is -0.399 e. The van der Waals surface area contributed by atoms with Gasteiger partial charge in [0, 0.05) is 10.6 Å². The number of hydrogen-bond acceptors (Lipinski definition) is 5. The van der Waals surface area contributed by atoms with Gasteiger partial charge in [-0.3, -0.25) is 15.2 Å². The number of furan rings is 1. The summed E-state index contributed by atoms with van der Waals surface area (Å²) in [7, 11) is 0. The van der Waals surface area contributed by atoms with Gasteiger partial charge >= 0.3 is 5.88 Å². The molecule has 0 aliphatic rings. The zero-order valence-corrected chi connectivity index (χ0v) is 11.3. The van der Waals surface area contributed by atoms with Crippen LogP contribution in [-0.2, 0) is 0 Å². The first-order chi connectivity index (χ1) is 10.1. The number of halogens is 1. The average molecular weight is 305 g/mol. The van der Waals surface area contributed by atoms with Gasteiger partial charge in [-0.15, -0.1) is 0 Å². The van der Waals surface area contributed by atoms with Crippen LogP contribution in [0, 0.1) is 10.1 Å². The molecular formula is C13H9ClN4O3. The van der Waals surface area contributed by atoms with E-state index in [-0.39, 0.29) is 17.5 Å². The van der Waals surface area contributed by atoms with Crippen molar-refractivity contribution >= 4 is 23.3 Å². The molecule has 0 saturated heterocycles. The molecule has 0 radical (unpaired) electrons. The molecule has 106 valence electrons. The molecule has 3 rings (SSSR count). The fourth-order valence-electron chi connectivity index (χ4n) is 2.03. The lowest BCUT2D eigenvalue weighted by Gasteiger charge is -2.04. The van der Waals surface area contributed by atoms with Crippen LogP contribution in [-0.4, -0.2) is 15.1 Å². The minimum atomic E-state index is -0.613. The first-order valence-corrected chi connectivity index (χ1v) is 6.29. The van der Waals surface area contributed by atoms with Crippen LogP contribution in [0.1, 0.15) is 0 Å². The van der Waals surface area contributed by atoms with Crippen LogP contribution >= 0.6 is 11.6 Å². The van der Waals surface area contributed by atoms with E-state index in [1.807, 2.05) is 6.07 Å². The highest BCUT2D eigenvalue weighted by Crippen LogP contribution is 2.39. The second-order valence-electron chi connectivity index (χ2n) is 4.23. The fraction of sp³-hybridized carbons (Fsp3) is 0. The van der Waals surface area contributed by atoms with Crippen molar-refractivity contribution in [3.63, 3.8) is 0 Å². The van der Waals surface area contributed by atoms with Crippen molar-refractivity contribution in [1.29, 1.82) is 0 Å². The molecule has 0 fully saturated rings. The molecule has 0 aliphatic carbocycles. The van der Waals surface area contributed by atoms with E-state index >= 15 is 0 Å². The normalized spacial score (nSPS) is 10.7. The van der Waals surface area contributed by atoms with Crippen molar-refractivity contribution < 1.29 is 9.34 Å². The topological polar surface area (TPSA) is 111 Å². The van der Waals surface area contributed by atoms with Gasteiger partial charge < -0.3 is 10.2 Å². The summed E-state index contributed by atoms with van der Waals surface area (Å²) in [6.45, 7) is 0. The summed E-state index contributed by atoms with van der Waals surface area (Å²) in [5, 5.41) is 17.8. The third-order valence-corrected chi connectivity index (χ3v) is 3.29. The van der Waals surface area contributed by atoms with Crippen LogP contribution in [0.15, 0.2) is 40.8 Å². The Balaban J connectivity index is 2.17. The maximum Gasteiger partial charge on any atom is 0.433 e. The number of nitrogens with one attached hydrogen (secondary N) is 1. The van der Waals surface area contributed by atoms with E-state index < -0.39 is 4.92 Å². The number of hydrogen-bond donors (Lipinski definition) is 2. The molecule has 1 aromatic carbocycles. The number of benzene rings is 1. The fourth-order valence-corrected chi connectivity index (χ4v) is 2.26. The van der Waals surface area contributed by atoms with Gasteiger partial charge in [-0.1, -0.05) is 29.8 Å². The number of H-pyrrole nitrogens is 1. The number of aromatic nitrogens is 2. The molecule has 0 saturated carbocycles. The van der Waals surface area contributed by atoms with Crippen molar-refractivity contribution in [2.45, 2.75) is 0 Å². The largest absolute Gasteiger partial charge is 0.433 e. The number of rotatable bonds is 3. The van der Waals surface area contributed by atoms with Gasteiger partial charge in [0.1, 0.15) is 10.6 Å². The number of aromatic amines is 1. The molecule has 7 nitrogen and oxygen atoms in total. The van der Waals surface area contributed by atoms with Gasteiger partial charge in [0.05, 0.1) is 11.6 Å². The third-order valence-electron chi connectivity index (χ3n) is 2.96. The van der Waals surface area contributed by atoms with E-state index in [4.69, 9.17) is 21.8 Å². The summed E-state index contributed by atoms with van der Waals surface area (Å²) in [6.07, 6.45) is 0. The molecule has 8 heteroatoms. The highest BCUT2D eigenvalue weighted by atomic mass is 35.5. The van der Waals surface area contributed by atoms with Crippen molar-refractivity contribution in [2.24, 2.45) is 0 Å². The molecule has 3 N–H and O–H groups in total. The van der Waals surface area contributed by atoms with E-state index in [1.165, 1.54) is 12.1 Å². The van der Waals surface area contributed by atoms with Crippen LogP contribution < -0.4 is 5.73 Å². The van der Waals surface area contributed by atoms with Gasteiger partial charge in [0.25, 0.3) is 0 Å². The maximum atomic E-state index is 10.7. The zero-order chi connectivity index (χ0) is 15.0. The quantitative estimate of drug-likeness (QED) is 0.568. The van der Waals surface area contributed by atoms with Crippen molar-refractivity contribution in [2.75, 3.05) is 5.73 Å². The Bertz CT molecular complexity index is 824. The summed E-state index contributed by atoms with van der Waals surface area (Å²) in [4.78, 5) is 10.1. The Labute approximate surface area is 123 Å². The number of anilines is 1. The lowest BCUT2D eigenvalue weighted by Crippen LogP contribution is -1.89. The van der Waals surface area contributed by atoms with Gasteiger partial charge in [-0.25, -0.2) is 0 Å². The average Bonchev–Trinajstić information content (AvgIpc) is 3.06. The zero-order valence-electron chi connectivity index (χ0n) is 10.5. The summed E-state index contributed by atoms with van der Waals surface area (Å²) < 4.78 is 5.18. The van der Waals surface area contributed by atoms with Gasteiger partial charge in [0.2, 0.25) is 0 Å². The molecule has 0 spiro atoms. The summed E-state index contributed by atoms with van der Waals surface area (Å²) in [5.41, 5.74) is 7.52. The Hall–Kier alpha value is -2.80. The lowest BCUT2D eigenvalue weighted by molar-refractivity contribution is -0.401. The summed E-state index contributed by atoms with van der Waals surface area (Å²) in [5.74, 6) is 0.140. The molecule has 2 aromatic heterocycles. The van der Waals surface area contributed by atoms with Crippen LogP contribution in [0.25, 0.3) is 22.6 Å². The van der Waals surface area contributed by atoms with Crippen molar-refractivity contribution in [3.05, 3.63) is 51.5 Å². The van der Waals surface area contributed by atoms with E-state index in [0.717, 1.165) is 0 Å². The summed E-state index contributed by atoms with van der Waals surface area (Å²) in [6, 6.07) is 9.85. The molecule has 21 heavy (non-hydrogen) atoms. The smallest absolute Gasteiger partial charge is 0.399 e. The predicted molar refractivity (Wildman–Crippen MR) is 77.8 cm³/mol. The van der Waals surface area contributed by atoms with Crippen LogP contribution in [0.3, 0.4) is 0 Å². The maximum absolute atomic E-state index is 10.7. The highest BCUT2D eigenvalue weighted by molar-refractivity contribution is 6.33. The Morgan fingerprint density at radius 3 is 2.71 bits per heavy atom. The first kappa shape index (κ1) is 13.2. The number of nitrogen functional groups attached to an aromatic ring is 1. The van der Waals surface area contributed by atoms with Gasteiger partial charge in [0.15, 0.2) is 11.6 Å². The number of nitrogens with two attached hydrogens (primary N) is 1. The predicted octanol–water partition coefficient (Wildman–Crippen LogP) is 3.48. The van der Waals surface area contributed by atoms with Crippen LogP contribution in [0.4, 0.5) is 11.7 Å². The number of nitrogens with zero attached hydrogens (tertiary/aromatic N) is 2. The molecule has 2 heterocycles. The molecule has 0 unspecified atom stereocenters. The number of nitro groups is 1. The summed E-state index contributed by atoms with van der Waals surface area (Å²) >= 11 is 6.17. The second-order valence-corrected chi connectivity index (χ2v) is 4.64. The molecule has 0 bridgehead atoms. The van der Waals surface area contributed by atoms with Gasteiger partial charge in [-0.2, -0.15) is 5.10 Å². The molecule has 0 amide bonds. The molecule has 0 aliphatic heterocycles. The minimum absolute atomic E-state index is 0.233. The SMILES string of the molecule is Nc1n[nH]c(-c2ccc([N+](=O)[O-])o2)c1-c1ccccc1Cl.